The lowest BCUT2D eigenvalue weighted by atomic mass is 9.91. The van der Waals surface area contributed by atoms with E-state index in [9.17, 15) is 9.59 Å². The second kappa shape index (κ2) is 30.8. The predicted octanol–water partition coefficient (Wildman–Crippen LogP) is 14.8. The smallest absolute Gasteiger partial charge is 0.306 e. The van der Waals surface area contributed by atoms with Crippen LogP contribution in [-0.4, -0.2) is 24.1 Å². The molecule has 0 rings (SSSR count). The Kier molecular flexibility index (Phi) is 29.9. The van der Waals surface area contributed by atoms with Gasteiger partial charge in [-0.25, -0.2) is 0 Å². The SMILES string of the molecule is CC(=CC(C)OC(=O)CCCC(=O)OC(C)C=C(C)CCCC(C)CCCC(C)CCCC(C)C)CCCC(C)CCCC(C)CCCC(C)C. The molecule has 0 bridgehead atoms. The number of carbonyl (C=O) groups is 2. The second-order valence-electron chi connectivity index (χ2n) is 18.0. The monoisotopic (exact) mass is 717 g/mol. The van der Waals surface area contributed by atoms with Crippen LogP contribution < -0.4 is 0 Å². The minimum Gasteiger partial charge on any atom is -0.458 e. The van der Waals surface area contributed by atoms with Gasteiger partial charge in [-0.1, -0.05) is 156 Å². The number of rotatable bonds is 32. The van der Waals surface area contributed by atoms with Crippen molar-refractivity contribution in [3.05, 3.63) is 23.3 Å². The van der Waals surface area contributed by atoms with Gasteiger partial charge in [-0.3, -0.25) is 9.59 Å². The minimum absolute atomic E-state index is 0.235. The third kappa shape index (κ3) is 32.8. The van der Waals surface area contributed by atoms with Crippen LogP contribution >= 0.6 is 0 Å². The molecule has 0 aliphatic heterocycles. The number of hydrogen-bond acceptors (Lipinski definition) is 4. The maximum absolute atomic E-state index is 12.4. The van der Waals surface area contributed by atoms with E-state index < -0.39 is 0 Å². The van der Waals surface area contributed by atoms with Crippen molar-refractivity contribution in [3.8, 4) is 0 Å². The lowest BCUT2D eigenvalue weighted by molar-refractivity contribution is -0.148. The van der Waals surface area contributed by atoms with Crippen LogP contribution in [0.5, 0.6) is 0 Å². The van der Waals surface area contributed by atoms with Gasteiger partial charge in [-0.2, -0.15) is 0 Å². The molecule has 0 aliphatic rings. The fraction of sp³-hybridized carbons (Fsp3) is 0.872. The standard InChI is InChI=1S/C47H88O4/c1-36(2)20-13-22-38(5)24-15-26-40(7)28-17-30-42(9)34-44(11)50-46(48)32-19-33-47(49)51-45(12)35-43(10)31-18-29-41(8)27-16-25-39(6)23-14-21-37(3)4/h34-41,44-45H,13-33H2,1-12H3. The van der Waals surface area contributed by atoms with Gasteiger partial charge in [0.15, 0.2) is 0 Å². The molecule has 0 aromatic rings. The maximum Gasteiger partial charge on any atom is 0.306 e. The van der Waals surface area contributed by atoms with Gasteiger partial charge in [0.1, 0.15) is 12.2 Å². The van der Waals surface area contributed by atoms with E-state index in [0.717, 1.165) is 48.3 Å². The molecule has 0 saturated carbocycles. The zero-order chi connectivity index (χ0) is 38.6. The summed E-state index contributed by atoms with van der Waals surface area (Å²) in [5, 5.41) is 0. The Morgan fingerprint density at radius 3 is 0.961 bits per heavy atom. The number of hydrogen-bond donors (Lipinski definition) is 0. The summed E-state index contributed by atoms with van der Waals surface area (Å²) in [6.07, 6.45) is 27.8. The summed E-state index contributed by atoms with van der Waals surface area (Å²) in [6, 6.07) is 0. The molecular weight excluding hydrogens is 629 g/mol. The van der Waals surface area contributed by atoms with Crippen molar-refractivity contribution in [1.82, 2.24) is 0 Å². The van der Waals surface area contributed by atoms with Gasteiger partial charge in [-0.15, -0.1) is 0 Å². The third-order valence-electron chi connectivity index (χ3n) is 10.7. The Bertz CT molecular complexity index is 857. The average Bonchev–Trinajstić information content (AvgIpc) is 3.00. The first-order chi connectivity index (χ1) is 24.1. The van der Waals surface area contributed by atoms with E-state index in [1.807, 2.05) is 13.8 Å². The van der Waals surface area contributed by atoms with Crippen LogP contribution in [0.4, 0.5) is 0 Å². The quantitative estimate of drug-likeness (QED) is 0.0514. The van der Waals surface area contributed by atoms with Crippen molar-refractivity contribution < 1.29 is 19.1 Å². The first-order valence-electron chi connectivity index (χ1n) is 21.8. The molecule has 6 atom stereocenters. The van der Waals surface area contributed by atoms with Gasteiger partial charge in [0, 0.05) is 12.8 Å². The third-order valence-corrected chi connectivity index (χ3v) is 10.7. The molecule has 4 heteroatoms. The zero-order valence-electron chi connectivity index (χ0n) is 36.3. The maximum atomic E-state index is 12.4. The molecule has 0 aliphatic carbocycles. The van der Waals surface area contributed by atoms with Gasteiger partial charge < -0.3 is 9.47 Å². The number of allylic oxidation sites excluding steroid dienone is 2. The van der Waals surface area contributed by atoms with E-state index in [4.69, 9.17) is 9.47 Å². The molecule has 0 spiro atoms. The van der Waals surface area contributed by atoms with Crippen LogP contribution in [0.2, 0.25) is 0 Å². The van der Waals surface area contributed by atoms with E-state index in [-0.39, 0.29) is 37.0 Å². The van der Waals surface area contributed by atoms with E-state index in [1.165, 1.54) is 114 Å². The average molecular weight is 717 g/mol. The Hall–Kier alpha value is -1.58. The Morgan fingerprint density at radius 1 is 0.392 bits per heavy atom. The molecule has 0 heterocycles. The molecule has 0 aromatic heterocycles. The van der Waals surface area contributed by atoms with Crippen LogP contribution in [0, 0.1) is 35.5 Å². The predicted molar refractivity (Wildman–Crippen MR) is 222 cm³/mol. The normalized spacial score (nSPS) is 16.2. The topological polar surface area (TPSA) is 52.6 Å². The molecule has 51 heavy (non-hydrogen) atoms. The summed E-state index contributed by atoms with van der Waals surface area (Å²) < 4.78 is 11.2. The molecule has 0 saturated heterocycles. The first kappa shape index (κ1) is 49.4. The van der Waals surface area contributed by atoms with Gasteiger partial charge in [0.05, 0.1) is 0 Å². The molecule has 300 valence electrons. The molecular formula is C47H88O4. The van der Waals surface area contributed by atoms with Crippen molar-refractivity contribution in [1.29, 1.82) is 0 Å². The van der Waals surface area contributed by atoms with Crippen LogP contribution in [0.1, 0.15) is 218 Å². The molecule has 0 amide bonds. The van der Waals surface area contributed by atoms with Crippen LogP contribution in [-0.2, 0) is 19.1 Å². The van der Waals surface area contributed by atoms with Crippen molar-refractivity contribution in [2.45, 2.75) is 230 Å². The Balaban J connectivity index is 4.09. The summed E-state index contributed by atoms with van der Waals surface area (Å²) in [7, 11) is 0. The lowest BCUT2D eigenvalue weighted by Crippen LogP contribution is -2.15. The second-order valence-corrected chi connectivity index (χ2v) is 18.0. The van der Waals surface area contributed by atoms with E-state index in [0.29, 0.717) is 6.42 Å². The largest absolute Gasteiger partial charge is 0.458 e. The summed E-state index contributed by atoms with van der Waals surface area (Å²) in [5.41, 5.74) is 2.56. The number of ether oxygens (including phenoxy) is 2. The Labute approximate surface area is 319 Å². The molecule has 0 fully saturated rings. The van der Waals surface area contributed by atoms with E-state index >= 15 is 0 Å². The van der Waals surface area contributed by atoms with Crippen LogP contribution in [0.15, 0.2) is 23.3 Å². The van der Waals surface area contributed by atoms with Crippen LogP contribution in [0.3, 0.4) is 0 Å². The minimum atomic E-state index is -0.249. The number of carbonyl (C=O) groups excluding carboxylic acids is 2. The molecule has 0 N–H and O–H groups in total. The molecule has 4 nitrogen and oxygen atoms in total. The zero-order valence-corrected chi connectivity index (χ0v) is 36.3. The fourth-order valence-corrected chi connectivity index (χ4v) is 7.36. The highest BCUT2D eigenvalue weighted by atomic mass is 16.5. The Morgan fingerprint density at radius 2 is 0.667 bits per heavy atom. The molecule has 6 unspecified atom stereocenters. The summed E-state index contributed by atoms with van der Waals surface area (Å²) in [4.78, 5) is 24.8. The van der Waals surface area contributed by atoms with E-state index in [1.54, 1.807) is 0 Å². The lowest BCUT2D eigenvalue weighted by Gasteiger charge is -2.15. The van der Waals surface area contributed by atoms with Crippen molar-refractivity contribution in [3.63, 3.8) is 0 Å². The molecule has 0 radical (unpaired) electrons. The van der Waals surface area contributed by atoms with Gasteiger partial charge in [0.25, 0.3) is 0 Å². The highest BCUT2D eigenvalue weighted by Gasteiger charge is 2.13. The highest BCUT2D eigenvalue weighted by Crippen LogP contribution is 2.24. The van der Waals surface area contributed by atoms with Crippen molar-refractivity contribution in [2.24, 2.45) is 35.5 Å². The van der Waals surface area contributed by atoms with Crippen molar-refractivity contribution in [2.75, 3.05) is 0 Å². The summed E-state index contributed by atoms with van der Waals surface area (Å²) >= 11 is 0. The van der Waals surface area contributed by atoms with Crippen LogP contribution in [0.25, 0.3) is 0 Å². The summed E-state index contributed by atoms with van der Waals surface area (Å²) in [5.74, 6) is 4.39. The highest BCUT2D eigenvalue weighted by molar-refractivity contribution is 5.72. The number of esters is 2. The van der Waals surface area contributed by atoms with Crippen molar-refractivity contribution >= 4 is 11.9 Å². The van der Waals surface area contributed by atoms with E-state index in [2.05, 4.69) is 81.4 Å². The first-order valence-corrected chi connectivity index (χ1v) is 21.8. The summed E-state index contributed by atoms with van der Waals surface area (Å²) in [6.45, 7) is 27.0. The fourth-order valence-electron chi connectivity index (χ4n) is 7.36. The van der Waals surface area contributed by atoms with Gasteiger partial charge in [0.2, 0.25) is 0 Å². The molecule has 0 aromatic carbocycles. The van der Waals surface area contributed by atoms with Gasteiger partial charge >= 0.3 is 11.9 Å². The van der Waals surface area contributed by atoms with Gasteiger partial charge in [-0.05, 0) is 107 Å².